The van der Waals surface area contributed by atoms with Crippen LogP contribution >= 0.6 is 0 Å². The number of likely N-dealkylation sites (tertiary alicyclic amines) is 1. The van der Waals surface area contributed by atoms with Gasteiger partial charge in [0.15, 0.2) is 5.92 Å². The summed E-state index contributed by atoms with van der Waals surface area (Å²) >= 11 is 0. The molecule has 0 atom stereocenters. The van der Waals surface area contributed by atoms with E-state index < -0.39 is 17.9 Å². The van der Waals surface area contributed by atoms with Crippen molar-refractivity contribution in [3.05, 3.63) is 0 Å². The summed E-state index contributed by atoms with van der Waals surface area (Å²) in [6.07, 6.45) is 4.13. The summed E-state index contributed by atoms with van der Waals surface area (Å²) < 4.78 is 9.23. The lowest BCUT2D eigenvalue weighted by molar-refractivity contribution is -0.159. The van der Waals surface area contributed by atoms with Crippen LogP contribution in [-0.4, -0.2) is 50.7 Å². The van der Waals surface area contributed by atoms with Crippen molar-refractivity contribution in [2.45, 2.75) is 25.7 Å². The fourth-order valence-electron chi connectivity index (χ4n) is 2.11. The number of methoxy groups -OCH3 is 2. The average Bonchev–Trinajstić information content (AvgIpc) is 2.39. The van der Waals surface area contributed by atoms with Gasteiger partial charge in [0.05, 0.1) is 14.2 Å². The first-order valence-corrected chi connectivity index (χ1v) is 6.07. The molecule has 1 fully saturated rings. The second-order valence-corrected chi connectivity index (χ2v) is 4.29. The first-order valence-electron chi connectivity index (χ1n) is 6.07. The maximum atomic E-state index is 11.4. The second kappa shape index (κ2) is 7.27. The molecule has 1 aliphatic heterocycles. The third-order valence-electron chi connectivity index (χ3n) is 3.15. The van der Waals surface area contributed by atoms with Gasteiger partial charge >= 0.3 is 11.9 Å². The largest absolute Gasteiger partial charge is 0.468 e. The summed E-state index contributed by atoms with van der Waals surface area (Å²) in [5, 5.41) is 0. The quantitative estimate of drug-likeness (QED) is 0.528. The second-order valence-electron chi connectivity index (χ2n) is 4.29. The van der Waals surface area contributed by atoms with E-state index in [1.54, 1.807) is 0 Å². The Kier molecular flexibility index (Phi) is 5.97. The predicted molar refractivity (Wildman–Crippen MR) is 62.4 cm³/mol. The Hall–Kier alpha value is -1.10. The molecule has 1 heterocycles. The fraction of sp³-hybridized carbons (Fsp3) is 0.833. The number of esters is 2. The molecule has 0 bridgehead atoms. The Morgan fingerprint density at radius 1 is 1.06 bits per heavy atom. The molecule has 0 saturated carbocycles. The van der Waals surface area contributed by atoms with Gasteiger partial charge in [-0.15, -0.1) is 0 Å². The highest BCUT2D eigenvalue weighted by Gasteiger charge is 2.29. The van der Waals surface area contributed by atoms with Gasteiger partial charge in [0.25, 0.3) is 0 Å². The van der Waals surface area contributed by atoms with E-state index in [0.717, 1.165) is 19.6 Å². The van der Waals surface area contributed by atoms with Gasteiger partial charge in [0.1, 0.15) is 0 Å². The predicted octanol–water partition coefficient (Wildman–Crippen LogP) is 0.825. The highest BCUT2D eigenvalue weighted by molar-refractivity contribution is 5.94. The summed E-state index contributed by atoms with van der Waals surface area (Å²) in [4.78, 5) is 25.2. The molecule has 5 heteroatoms. The van der Waals surface area contributed by atoms with E-state index in [2.05, 4.69) is 14.4 Å². The van der Waals surface area contributed by atoms with E-state index in [1.165, 1.54) is 33.5 Å². The summed E-state index contributed by atoms with van der Waals surface area (Å²) in [5.74, 6) is -1.80. The maximum Gasteiger partial charge on any atom is 0.320 e. The first-order chi connectivity index (χ1) is 8.19. The van der Waals surface area contributed by atoms with Crippen LogP contribution in [0, 0.1) is 5.92 Å². The molecule has 17 heavy (non-hydrogen) atoms. The minimum absolute atomic E-state index is 0.472. The Morgan fingerprint density at radius 3 is 2.06 bits per heavy atom. The van der Waals surface area contributed by atoms with Gasteiger partial charge in [0.2, 0.25) is 0 Å². The van der Waals surface area contributed by atoms with Crippen LogP contribution in [0.5, 0.6) is 0 Å². The topological polar surface area (TPSA) is 55.8 Å². The number of hydrogen-bond acceptors (Lipinski definition) is 5. The number of nitrogens with zero attached hydrogens (tertiary/aromatic N) is 1. The molecule has 0 aromatic rings. The zero-order valence-electron chi connectivity index (χ0n) is 10.6. The van der Waals surface area contributed by atoms with Crippen molar-refractivity contribution in [2.24, 2.45) is 5.92 Å². The van der Waals surface area contributed by atoms with E-state index in [9.17, 15) is 9.59 Å². The number of hydrogen-bond donors (Lipinski definition) is 0. The fourth-order valence-corrected chi connectivity index (χ4v) is 2.11. The number of piperidine rings is 1. The van der Waals surface area contributed by atoms with E-state index in [1.807, 2.05) is 0 Å². The first kappa shape index (κ1) is 14.0. The zero-order valence-corrected chi connectivity index (χ0v) is 10.6. The molecular weight excluding hydrogens is 222 g/mol. The van der Waals surface area contributed by atoms with Gasteiger partial charge < -0.3 is 14.4 Å². The smallest absolute Gasteiger partial charge is 0.320 e. The molecule has 0 radical (unpaired) electrons. The van der Waals surface area contributed by atoms with Crippen LogP contribution in [0.1, 0.15) is 25.7 Å². The molecule has 0 unspecified atom stereocenters. The van der Waals surface area contributed by atoms with Gasteiger partial charge in [0, 0.05) is 0 Å². The van der Waals surface area contributed by atoms with Crippen molar-refractivity contribution < 1.29 is 19.1 Å². The van der Waals surface area contributed by atoms with Crippen molar-refractivity contribution in [3.63, 3.8) is 0 Å². The van der Waals surface area contributed by atoms with Gasteiger partial charge in [-0.2, -0.15) is 0 Å². The van der Waals surface area contributed by atoms with Crippen LogP contribution in [0.15, 0.2) is 0 Å². The lowest BCUT2D eigenvalue weighted by Gasteiger charge is -2.27. The molecule has 0 amide bonds. The standard InChI is InChI=1S/C12H21NO4/c1-16-11(14)10(12(15)17-2)6-9-13-7-4-3-5-8-13/h10H,3-9H2,1-2H3. The monoisotopic (exact) mass is 243 g/mol. The van der Waals surface area contributed by atoms with Gasteiger partial charge in [-0.3, -0.25) is 9.59 Å². The summed E-state index contributed by atoms with van der Waals surface area (Å²) in [6, 6.07) is 0. The zero-order chi connectivity index (χ0) is 12.7. The van der Waals surface area contributed by atoms with Crippen LogP contribution in [0.3, 0.4) is 0 Å². The number of carbonyl (C=O) groups is 2. The number of carbonyl (C=O) groups excluding carboxylic acids is 2. The Labute approximate surface area is 102 Å². The lowest BCUT2D eigenvalue weighted by Crippen LogP contribution is -2.35. The number of rotatable bonds is 5. The van der Waals surface area contributed by atoms with Gasteiger partial charge in [-0.1, -0.05) is 6.42 Å². The van der Waals surface area contributed by atoms with Crippen molar-refractivity contribution in [3.8, 4) is 0 Å². The molecule has 5 nitrogen and oxygen atoms in total. The molecule has 0 N–H and O–H groups in total. The molecule has 1 aliphatic rings. The van der Waals surface area contributed by atoms with Crippen LogP contribution in [0.25, 0.3) is 0 Å². The molecule has 0 aliphatic carbocycles. The Balaban J connectivity index is 2.42. The molecule has 98 valence electrons. The average molecular weight is 243 g/mol. The molecule has 0 aromatic heterocycles. The summed E-state index contributed by atoms with van der Waals surface area (Å²) in [7, 11) is 2.58. The highest BCUT2D eigenvalue weighted by Crippen LogP contribution is 2.13. The van der Waals surface area contributed by atoms with Crippen molar-refractivity contribution in [1.29, 1.82) is 0 Å². The summed E-state index contributed by atoms with van der Waals surface area (Å²) in [6.45, 7) is 2.85. The minimum Gasteiger partial charge on any atom is -0.468 e. The van der Waals surface area contributed by atoms with E-state index in [0.29, 0.717) is 6.42 Å². The van der Waals surface area contributed by atoms with E-state index in [-0.39, 0.29) is 0 Å². The van der Waals surface area contributed by atoms with Crippen LogP contribution < -0.4 is 0 Å². The van der Waals surface area contributed by atoms with E-state index in [4.69, 9.17) is 0 Å². The van der Waals surface area contributed by atoms with Crippen molar-refractivity contribution in [2.75, 3.05) is 33.9 Å². The van der Waals surface area contributed by atoms with Gasteiger partial charge in [-0.05, 0) is 38.9 Å². The summed E-state index contributed by atoms with van der Waals surface area (Å²) in [5.41, 5.74) is 0. The third kappa shape index (κ3) is 4.34. The molecule has 1 rings (SSSR count). The Bertz CT molecular complexity index is 245. The third-order valence-corrected chi connectivity index (χ3v) is 3.15. The number of ether oxygens (including phenoxy) is 2. The molecule has 0 aromatic carbocycles. The Morgan fingerprint density at radius 2 is 1.59 bits per heavy atom. The highest BCUT2D eigenvalue weighted by atomic mass is 16.5. The van der Waals surface area contributed by atoms with Crippen molar-refractivity contribution in [1.82, 2.24) is 4.90 Å². The lowest BCUT2D eigenvalue weighted by atomic mass is 10.0. The molecular formula is C12H21NO4. The maximum absolute atomic E-state index is 11.4. The molecule has 0 spiro atoms. The molecule has 1 saturated heterocycles. The van der Waals surface area contributed by atoms with Crippen molar-refractivity contribution >= 4 is 11.9 Å². The van der Waals surface area contributed by atoms with Crippen LogP contribution in [0.4, 0.5) is 0 Å². The minimum atomic E-state index is -0.785. The van der Waals surface area contributed by atoms with Crippen LogP contribution in [-0.2, 0) is 19.1 Å². The van der Waals surface area contributed by atoms with E-state index >= 15 is 0 Å². The van der Waals surface area contributed by atoms with Crippen LogP contribution in [0.2, 0.25) is 0 Å². The SMILES string of the molecule is COC(=O)C(CCN1CCCCC1)C(=O)OC. The normalized spacial score (nSPS) is 16.9. The van der Waals surface area contributed by atoms with Gasteiger partial charge in [-0.25, -0.2) is 0 Å².